The number of carbonyl (C=O) groups is 1. The van der Waals surface area contributed by atoms with Crippen LogP contribution in [-0.4, -0.2) is 26.7 Å². The van der Waals surface area contributed by atoms with Gasteiger partial charge in [0.25, 0.3) is 0 Å². The molecule has 0 saturated carbocycles. The van der Waals surface area contributed by atoms with E-state index in [0.29, 0.717) is 12.2 Å². The number of carbonyl (C=O) groups excluding carboxylic acids is 1. The van der Waals surface area contributed by atoms with E-state index in [1.807, 2.05) is 0 Å². The molecule has 1 aromatic carbocycles. The molecule has 100 valence electrons. The largest absolute Gasteiger partial charge is 0.469 e. The minimum Gasteiger partial charge on any atom is -0.469 e. The van der Waals surface area contributed by atoms with Crippen molar-refractivity contribution in [3.05, 3.63) is 29.8 Å². The number of benzene rings is 1. The minimum atomic E-state index is -0.907. The average molecular weight is 257 g/mol. The Balaban J connectivity index is 2.85. The number of hydrogen-bond acceptors (Lipinski definition) is 3. The second kappa shape index (κ2) is 5.33. The van der Waals surface area contributed by atoms with E-state index in [2.05, 4.69) is 0 Å². The maximum atomic E-state index is 13.1. The molecule has 5 heteroatoms. The van der Waals surface area contributed by atoms with Gasteiger partial charge in [0.1, 0.15) is 0 Å². The number of ether oxygens (including phenoxy) is 1. The molecule has 0 spiro atoms. The lowest BCUT2D eigenvalue weighted by atomic mass is 9.93. The summed E-state index contributed by atoms with van der Waals surface area (Å²) in [6.07, 6.45) is 0. The van der Waals surface area contributed by atoms with Gasteiger partial charge in [0, 0.05) is 25.3 Å². The van der Waals surface area contributed by atoms with E-state index >= 15 is 0 Å². The quantitative estimate of drug-likeness (QED) is 0.776. The zero-order valence-corrected chi connectivity index (χ0v) is 11.0. The van der Waals surface area contributed by atoms with E-state index in [1.54, 1.807) is 25.8 Å². The number of rotatable bonds is 4. The molecule has 0 unspecified atom stereocenters. The van der Waals surface area contributed by atoms with Gasteiger partial charge in [0.05, 0.1) is 12.5 Å². The van der Waals surface area contributed by atoms with E-state index in [-0.39, 0.29) is 5.97 Å². The monoisotopic (exact) mass is 257 g/mol. The SMILES string of the molecule is COC(=O)C(C)(C)CN(C)c1ccc(F)c(F)c1. The van der Waals surface area contributed by atoms with Gasteiger partial charge in [-0.3, -0.25) is 4.79 Å². The lowest BCUT2D eigenvalue weighted by Gasteiger charge is -2.29. The molecule has 0 aliphatic rings. The first-order chi connectivity index (χ1) is 8.27. The first-order valence-corrected chi connectivity index (χ1v) is 5.52. The minimum absolute atomic E-state index is 0.338. The van der Waals surface area contributed by atoms with Crippen LogP contribution in [-0.2, 0) is 9.53 Å². The number of methoxy groups -OCH3 is 1. The summed E-state index contributed by atoms with van der Waals surface area (Å²) in [4.78, 5) is 13.2. The molecule has 0 fully saturated rings. The van der Waals surface area contributed by atoms with Crippen LogP contribution >= 0.6 is 0 Å². The highest BCUT2D eigenvalue weighted by molar-refractivity contribution is 5.76. The molecule has 0 heterocycles. The van der Waals surface area contributed by atoms with E-state index in [9.17, 15) is 13.6 Å². The highest BCUT2D eigenvalue weighted by Gasteiger charge is 2.30. The third-order valence-electron chi connectivity index (χ3n) is 2.71. The van der Waals surface area contributed by atoms with Gasteiger partial charge in [0.15, 0.2) is 11.6 Å². The fourth-order valence-corrected chi connectivity index (χ4v) is 1.75. The van der Waals surface area contributed by atoms with Crippen LogP contribution in [0, 0.1) is 17.0 Å². The summed E-state index contributed by atoms with van der Waals surface area (Å²) >= 11 is 0. The van der Waals surface area contributed by atoms with Crippen molar-refractivity contribution in [2.75, 3.05) is 25.6 Å². The average Bonchev–Trinajstić information content (AvgIpc) is 2.30. The normalized spacial score (nSPS) is 11.2. The van der Waals surface area contributed by atoms with Crippen LogP contribution in [0.4, 0.5) is 14.5 Å². The van der Waals surface area contributed by atoms with Gasteiger partial charge in [-0.05, 0) is 26.0 Å². The fraction of sp³-hybridized carbons (Fsp3) is 0.462. The second-order valence-corrected chi connectivity index (χ2v) is 4.83. The van der Waals surface area contributed by atoms with Crippen molar-refractivity contribution in [1.82, 2.24) is 0 Å². The molecule has 0 amide bonds. The summed E-state index contributed by atoms with van der Waals surface area (Å²) in [5.74, 6) is -2.15. The summed E-state index contributed by atoms with van der Waals surface area (Å²) in [5.41, 5.74) is -0.222. The standard InChI is InChI=1S/C13H17F2NO2/c1-13(2,12(17)18-4)8-16(3)9-5-6-10(14)11(15)7-9/h5-7H,8H2,1-4H3. The molecule has 0 aliphatic heterocycles. The maximum Gasteiger partial charge on any atom is 0.313 e. The van der Waals surface area contributed by atoms with Gasteiger partial charge < -0.3 is 9.64 Å². The smallest absolute Gasteiger partial charge is 0.313 e. The van der Waals surface area contributed by atoms with Gasteiger partial charge in [0.2, 0.25) is 0 Å². The highest BCUT2D eigenvalue weighted by Crippen LogP contribution is 2.23. The van der Waals surface area contributed by atoms with Crippen molar-refractivity contribution in [2.45, 2.75) is 13.8 Å². The maximum absolute atomic E-state index is 13.1. The third-order valence-corrected chi connectivity index (χ3v) is 2.71. The van der Waals surface area contributed by atoms with E-state index in [1.165, 1.54) is 13.2 Å². The number of esters is 1. The fourth-order valence-electron chi connectivity index (χ4n) is 1.75. The van der Waals surface area contributed by atoms with Crippen molar-refractivity contribution < 1.29 is 18.3 Å². The zero-order chi connectivity index (χ0) is 13.9. The van der Waals surface area contributed by atoms with Gasteiger partial charge in [-0.15, -0.1) is 0 Å². The number of hydrogen-bond donors (Lipinski definition) is 0. The molecule has 0 saturated heterocycles. The van der Waals surface area contributed by atoms with Crippen molar-refractivity contribution in [2.24, 2.45) is 5.41 Å². The molecule has 0 N–H and O–H groups in total. The topological polar surface area (TPSA) is 29.5 Å². The summed E-state index contributed by atoms with van der Waals surface area (Å²) in [5, 5.41) is 0. The van der Waals surface area contributed by atoms with Crippen LogP contribution < -0.4 is 4.90 Å². The number of halogens is 2. The molecule has 0 aromatic heterocycles. The Morgan fingerprint density at radius 3 is 2.44 bits per heavy atom. The highest BCUT2D eigenvalue weighted by atomic mass is 19.2. The Morgan fingerprint density at radius 2 is 1.94 bits per heavy atom. The summed E-state index contributed by atoms with van der Waals surface area (Å²) in [7, 11) is 3.03. The van der Waals surface area contributed by atoms with Gasteiger partial charge in [-0.25, -0.2) is 8.78 Å². The van der Waals surface area contributed by atoms with E-state index < -0.39 is 17.0 Å². The number of anilines is 1. The van der Waals surface area contributed by atoms with Crippen LogP contribution in [0.5, 0.6) is 0 Å². The Labute approximate surface area is 105 Å². The molecule has 1 aromatic rings. The molecule has 3 nitrogen and oxygen atoms in total. The van der Waals surface area contributed by atoms with Crippen molar-refractivity contribution in [3.63, 3.8) is 0 Å². The molecular weight excluding hydrogens is 240 g/mol. The van der Waals surface area contributed by atoms with E-state index in [0.717, 1.165) is 12.1 Å². The zero-order valence-electron chi connectivity index (χ0n) is 11.0. The van der Waals surface area contributed by atoms with Gasteiger partial charge >= 0.3 is 5.97 Å². The third kappa shape index (κ3) is 3.18. The first kappa shape index (κ1) is 14.4. The lowest BCUT2D eigenvalue weighted by Crippen LogP contribution is -2.38. The van der Waals surface area contributed by atoms with Crippen molar-refractivity contribution >= 4 is 11.7 Å². The predicted octanol–water partition coefficient (Wildman–Crippen LogP) is 2.60. The van der Waals surface area contributed by atoms with Crippen LogP contribution in [0.2, 0.25) is 0 Å². The van der Waals surface area contributed by atoms with E-state index in [4.69, 9.17) is 4.74 Å². The van der Waals surface area contributed by atoms with Crippen molar-refractivity contribution in [1.29, 1.82) is 0 Å². The predicted molar refractivity (Wildman–Crippen MR) is 65.4 cm³/mol. The molecule has 18 heavy (non-hydrogen) atoms. The number of nitrogens with zero attached hydrogens (tertiary/aromatic N) is 1. The molecule has 0 aliphatic carbocycles. The molecule has 0 radical (unpaired) electrons. The van der Waals surface area contributed by atoms with Gasteiger partial charge in [-0.2, -0.15) is 0 Å². The van der Waals surface area contributed by atoms with Crippen LogP contribution in [0.1, 0.15) is 13.8 Å². The van der Waals surface area contributed by atoms with Crippen LogP contribution in [0.15, 0.2) is 18.2 Å². The summed E-state index contributed by atoms with van der Waals surface area (Å²) in [6, 6.07) is 3.63. The molecule has 0 atom stereocenters. The Hall–Kier alpha value is -1.65. The molecule has 1 rings (SSSR count). The molecule has 0 bridgehead atoms. The van der Waals surface area contributed by atoms with Crippen molar-refractivity contribution in [3.8, 4) is 0 Å². The van der Waals surface area contributed by atoms with Crippen LogP contribution in [0.25, 0.3) is 0 Å². The summed E-state index contributed by atoms with van der Waals surface area (Å²) in [6.45, 7) is 3.80. The van der Waals surface area contributed by atoms with Gasteiger partial charge in [-0.1, -0.05) is 0 Å². The Kier molecular flexibility index (Phi) is 4.27. The molecular formula is C13H17F2NO2. The second-order valence-electron chi connectivity index (χ2n) is 4.83. The first-order valence-electron chi connectivity index (χ1n) is 5.52. The lowest BCUT2D eigenvalue weighted by molar-refractivity contribution is -0.150. The Morgan fingerprint density at radius 1 is 1.33 bits per heavy atom. The Bertz CT molecular complexity index is 447. The summed E-state index contributed by atoms with van der Waals surface area (Å²) < 4.78 is 30.6. The van der Waals surface area contributed by atoms with Crippen LogP contribution in [0.3, 0.4) is 0 Å².